The molecule has 6 nitrogen and oxygen atoms in total. The number of carbonyl (C=O) groups excluding carboxylic acids is 1. The van der Waals surface area contributed by atoms with Crippen molar-refractivity contribution in [3.05, 3.63) is 65.3 Å². The molecule has 8 heteroatoms. The first-order valence-electron chi connectivity index (χ1n) is 9.02. The zero-order valence-corrected chi connectivity index (χ0v) is 16.1. The first-order chi connectivity index (χ1) is 14.0. The smallest absolute Gasteiger partial charge is 0.246 e. The molecule has 1 aromatic carbocycles. The lowest BCUT2D eigenvalue weighted by atomic mass is 10.2. The van der Waals surface area contributed by atoms with Crippen LogP contribution >= 0.6 is 11.6 Å². The Morgan fingerprint density at radius 1 is 1.38 bits per heavy atom. The first-order valence-corrected chi connectivity index (χ1v) is 9.40. The number of amides is 1. The van der Waals surface area contributed by atoms with Crippen LogP contribution in [-0.4, -0.2) is 44.9 Å². The molecule has 0 unspecified atom stereocenters. The fourth-order valence-electron chi connectivity index (χ4n) is 3.24. The maximum Gasteiger partial charge on any atom is 0.246 e. The summed E-state index contributed by atoms with van der Waals surface area (Å²) in [4.78, 5) is 25.2. The number of nitrogens with one attached hydrogen (secondary N) is 2. The van der Waals surface area contributed by atoms with E-state index in [1.807, 2.05) is 6.07 Å². The third kappa shape index (κ3) is 4.08. The molecule has 4 rings (SSSR count). The summed E-state index contributed by atoms with van der Waals surface area (Å²) in [5.41, 5.74) is 1.80. The number of likely N-dealkylation sites (tertiary alicyclic amines) is 1. The molecule has 1 amide bonds. The van der Waals surface area contributed by atoms with Gasteiger partial charge in [-0.15, -0.1) is 0 Å². The molecule has 1 aliphatic rings. The summed E-state index contributed by atoms with van der Waals surface area (Å²) in [5.74, 6) is 5.98. The molecule has 3 heterocycles. The van der Waals surface area contributed by atoms with Crippen LogP contribution in [0, 0.1) is 17.7 Å². The minimum absolute atomic E-state index is 0.0624. The Bertz CT molecular complexity index is 1160. The van der Waals surface area contributed by atoms with Crippen LogP contribution in [0.25, 0.3) is 11.0 Å². The molecule has 2 aromatic heterocycles. The van der Waals surface area contributed by atoms with Crippen molar-refractivity contribution in [1.29, 1.82) is 0 Å². The summed E-state index contributed by atoms with van der Waals surface area (Å²) < 4.78 is 13.6. The Morgan fingerprint density at radius 2 is 2.24 bits per heavy atom. The molecule has 146 valence electrons. The Balaban J connectivity index is 1.55. The zero-order chi connectivity index (χ0) is 20.4. The minimum Gasteiger partial charge on any atom is -0.365 e. The fraction of sp³-hybridized carbons (Fsp3) is 0.190. The predicted molar refractivity (Wildman–Crippen MR) is 110 cm³/mol. The van der Waals surface area contributed by atoms with E-state index in [2.05, 4.69) is 38.7 Å². The summed E-state index contributed by atoms with van der Waals surface area (Å²) in [6.07, 6.45) is 3.62. The number of fused-ring (bicyclic) bond motifs is 1. The number of aromatic amines is 1. The van der Waals surface area contributed by atoms with Crippen molar-refractivity contribution in [2.45, 2.75) is 12.5 Å². The lowest BCUT2D eigenvalue weighted by Crippen LogP contribution is -2.30. The van der Waals surface area contributed by atoms with Gasteiger partial charge in [0.25, 0.3) is 0 Å². The van der Waals surface area contributed by atoms with E-state index in [0.717, 1.165) is 11.8 Å². The Kier molecular flexibility index (Phi) is 5.19. The van der Waals surface area contributed by atoms with Crippen LogP contribution in [0.3, 0.4) is 0 Å². The van der Waals surface area contributed by atoms with Crippen LogP contribution in [0.4, 0.5) is 10.2 Å². The molecule has 1 aliphatic heterocycles. The van der Waals surface area contributed by atoms with Gasteiger partial charge in [0.2, 0.25) is 5.91 Å². The van der Waals surface area contributed by atoms with Crippen LogP contribution in [0.5, 0.6) is 0 Å². The molecule has 2 N–H and O–H groups in total. The number of halogens is 2. The summed E-state index contributed by atoms with van der Waals surface area (Å²) in [5, 5.41) is 4.24. The van der Waals surface area contributed by atoms with Crippen molar-refractivity contribution in [1.82, 2.24) is 19.9 Å². The first kappa shape index (κ1) is 19.0. The Hall–Kier alpha value is -3.37. The highest BCUT2D eigenvalue weighted by Crippen LogP contribution is 2.23. The molecule has 1 atom stereocenters. The highest BCUT2D eigenvalue weighted by molar-refractivity contribution is 6.30. The van der Waals surface area contributed by atoms with E-state index in [1.165, 1.54) is 24.5 Å². The average molecular weight is 410 g/mol. The van der Waals surface area contributed by atoms with Gasteiger partial charge in [-0.05, 0) is 42.7 Å². The zero-order valence-electron chi connectivity index (χ0n) is 15.4. The molecule has 1 fully saturated rings. The number of rotatable bonds is 3. The second-order valence-electron chi connectivity index (χ2n) is 6.66. The third-order valence-electron chi connectivity index (χ3n) is 4.70. The number of anilines is 1. The highest BCUT2D eigenvalue weighted by Gasteiger charge is 2.25. The van der Waals surface area contributed by atoms with Gasteiger partial charge in [0.1, 0.15) is 23.6 Å². The van der Waals surface area contributed by atoms with Crippen LogP contribution in [0.15, 0.2) is 43.2 Å². The van der Waals surface area contributed by atoms with Gasteiger partial charge in [-0.1, -0.05) is 24.1 Å². The molecule has 3 aromatic rings. The molecular weight excluding hydrogens is 393 g/mol. The maximum absolute atomic E-state index is 13.6. The number of H-pyrrole nitrogens is 1. The largest absolute Gasteiger partial charge is 0.365 e. The number of hydrogen-bond donors (Lipinski definition) is 2. The van der Waals surface area contributed by atoms with Crippen LogP contribution in [0.1, 0.15) is 17.7 Å². The quantitative estimate of drug-likeness (QED) is 0.514. The molecule has 0 spiro atoms. The predicted octanol–water partition coefficient (Wildman–Crippen LogP) is 3.35. The maximum atomic E-state index is 13.6. The molecule has 0 bridgehead atoms. The fourth-order valence-corrected chi connectivity index (χ4v) is 3.35. The molecule has 0 saturated carbocycles. The molecule has 0 aliphatic carbocycles. The minimum atomic E-state index is -0.506. The number of benzene rings is 1. The lowest BCUT2D eigenvalue weighted by molar-refractivity contribution is -0.125. The molecule has 29 heavy (non-hydrogen) atoms. The van der Waals surface area contributed by atoms with Gasteiger partial charge in [0, 0.05) is 24.7 Å². The van der Waals surface area contributed by atoms with Crippen molar-refractivity contribution in [2.24, 2.45) is 0 Å². The topological polar surface area (TPSA) is 73.9 Å². The van der Waals surface area contributed by atoms with E-state index in [9.17, 15) is 9.18 Å². The van der Waals surface area contributed by atoms with E-state index in [4.69, 9.17) is 11.6 Å². The number of hydrogen-bond acceptors (Lipinski definition) is 4. The number of nitrogens with zero attached hydrogens (tertiary/aromatic N) is 3. The SMILES string of the molecule is C=CC(=O)N1CC[C@@H](Nc2ncnc3[nH]c(C#Cc4ccc(Cl)c(F)c4)cc23)C1. The van der Waals surface area contributed by atoms with E-state index in [-0.39, 0.29) is 17.0 Å². The van der Waals surface area contributed by atoms with Crippen molar-refractivity contribution in [2.75, 3.05) is 18.4 Å². The van der Waals surface area contributed by atoms with E-state index >= 15 is 0 Å². The van der Waals surface area contributed by atoms with Crippen molar-refractivity contribution >= 4 is 34.4 Å². The second kappa shape index (κ2) is 7.94. The van der Waals surface area contributed by atoms with E-state index in [0.29, 0.717) is 35.8 Å². The van der Waals surface area contributed by atoms with Gasteiger partial charge < -0.3 is 15.2 Å². The second-order valence-corrected chi connectivity index (χ2v) is 7.07. The van der Waals surface area contributed by atoms with Crippen LogP contribution < -0.4 is 5.32 Å². The number of carbonyl (C=O) groups is 1. The molecule has 1 saturated heterocycles. The summed E-state index contributed by atoms with van der Waals surface area (Å²) >= 11 is 5.69. The lowest BCUT2D eigenvalue weighted by Gasteiger charge is -2.15. The van der Waals surface area contributed by atoms with Crippen molar-refractivity contribution in [3.8, 4) is 11.8 Å². The van der Waals surface area contributed by atoms with E-state index < -0.39 is 5.82 Å². The van der Waals surface area contributed by atoms with Crippen LogP contribution in [0.2, 0.25) is 5.02 Å². The van der Waals surface area contributed by atoms with Crippen LogP contribution in [-0.2, 0) is 4.79 Å². The van der Waals surface area contributed by atoms with Gasteiger partial charge in [-0.3, -0.25) is 4.79 Å². The van der Waals surface area contributed by atoms with Gasteiger partial charge in [0.15, 0.2) is 0 Å². The molecule has 0 radical (unpaired) electrons. The monoisotopic (exact) mass is 409 g/mol. The standard InChI is InChI=1S/C21H17ClFN5O/c1-2-19(29)28-8-7-15(11-28)27-21-16-10-14(26-20(16)24-12-25-21)5-3-13-4-6-17(22)18(23)9-13/h2,4,6,9-10,12,15H,1,7-8,11H2,(H2,24,25,26,27)/t15-/m1/s1. The summed E-state index contributed by atoms with van der Waals surface area (Å²) in [6, 6.07) is 6.37. The van der Waals surface area contributed by atoms with Gasteiger partial charge in [-0.25, -0.2) is 14.4 Å². The summed E-state index contributed by atoms with van der Waals surface area (Å²) in [7, 11) is 0. The van der Waals surface area contributed by atoms with Gasteiger partial charge in [-0.2, -0.15) is 0 Å². The highest BCUT2D eigenvalue weighted by atomic mass is 35.5. The molecular formula is C21H17ClFN5O. The van der Waals surface area contributed by atoms with Crippen molar-refractivity contribution in [3.63, 3.8) is 0 Å². The average Bonchev–Trinajstić information content (AvgIpc) is 3.35. The van der Waals surface area contributed by atoms with Gasteiger partial charge >= 0.3 is 0 Å². The van der Waals surface area contributed by atoms with E-state index in [1.54, 1.807) is 11.0 Å². The number of aromatic nitrogens is 3. The Labute approximate surface area is 171 Å². The summed E-state index contributed by atoms with van der Waals surface area (Å²) in [6.45, 7) is 4.80. The third-order valence-corrected chi connectivity index (χ3v) is 5.01. The van der Waals surface area contributed by atoms with Crippen molar-refractivity contribution < 1.29 is 9.18 Å². The van der Waals surface area contributed by atoms with Gasteiger partial charge in [0.05, 0.1) is 16.1 Å². The Morgan fingerprint density at radius 3 is 3.03 bits per heavy atom. The normalized spacial score (nSPS) is 15.8.